The number of rotatable bonds is 4. The van der Waals surface area contributed by atoms with Crippen LogP contribution in [0.1, 0.15) is 46.9 Å². The lowest BCUT2D eigenvalue weighted by Gasteiger charge is -2.45. The van der Waals surface area contributed by atoms with E-state index >= 15 is 0 Å². The molecule has 0 unspecified atom stereocenters. The Morgan fingerprint density at radius 1 is 0.885 bits per heavy atom. The van der Waals surface area contributed by atoms with Gasteiger partial charge in [-0.3, -0.25) is 14.4 Å². The highest BCUT2D eigenvalue weighted by Crippen LogP contribution is 2.53. The molecule has 1 fully saturated rings. The molecule has 0 aromatic heterocycles. The van der Waals surface area contributed by atoms with Crippen LogP contribution < -0.4 is 0 Å². The van der Waals surface area contributed by atoms with Gasteiger partial charge in [0, 0.05) is 40.0 Å². The molecular weight excluding hydrogens is 324 g/mol. The Balaban J connectivity index is 1.92. The molecule has 130 valence electrons. The highest BCUT2D eigenvalue weighted by molar-refractivity contribution is 6.22. The van der Waals surface area contributed by atoms with E-state index in [1.165, 1.54) is 0 Å². The molecule has 3 heteroatoms. The van der Waals surface area contributed by atoms with E-state index in [1.807, 2.05) is 31.2 Å². The van der Waals surface area contributed by atoms with E-state index in [0.717, 1.165) is 6.42 Å². The van der Waals surface area contributed by atoms with Gasteiger partial charge < -0.3 is 0 Å². The predicted molar refractivity (Wildman–Crippen MR) is 99.0 cm³/mol. The zero-order chi connectivity index (χ0) is 18.3. The molecule has 0 heterocycles. The van der Waals surface area contributed by atoms with Crippen molar-refractivity contribution in [2.75, 3.05) is 0 Å². The lowest BCUT2D eigenvalue weighted by molar-refractivity contribution is -0.127. The number of benzene rings is 2. The second kappa shape index (κ2) is 6.17. The van der Waals surface area contributed by atoms with Crippen LogP contribution >= 0.6 is 0 Å². The average molecular weight is 344 g/mol. The molecule has 0 radical (unpaired) electrons. The fourth-order valence-electron chi connectivity index (χ4n) is 4.39. The second-order valence-electron chi connectivity index (χ2n) is 7.47. The maximum atomic E-state index is 13.3. The Labute approximate surface area is 152 Å². The number of Topliss-reactive ketones (excluding diaryl/α,β-unsaturated/α-hetero) is 3. The Kier molecular flexibility index (Phi) is 3.95. The van der Waals surface area contributed by atoms with E-state index in [1.54, 1.807) is 36.4 Å². The summed E-state index contributed by atoms with van der Waals surface area (Å²) in [5.74, 6) is -0.673. The standard InChI is InChI=1S/C23H20O3/c1-23-13-12-17(18(24)14-23)19(21(25)15-8-4-2-5-9-15)20(23)22(26)16-10-6-3-7-11-16/h2-11,17H,12-14H2,1H3/t17-,23+/m0/s1. The first-order valence-corrected chi connectivity index (χ1v) is 8.98. The maximum Gasteiger partial charge on any atom is 0.190 e. The third kappa shape index (κ3) is 2.55. The second-order valence-corrected chi connectivity index (χ2v) is 7.47. The van der Waals surface area contributed by atoms with Crippen molar-refractivity contribution in [1.82, 2.24) is 0 Å². The molecule has 3 aliphatic rings. The first kappa shape index (κ1) is 16.6. The molecule has 2 bridgehead atoms. The van der Waals surface area contributed by atoms with Crippen LogP contribution in [0.5, 0.6) is 0 Å². The molecule has 2 atom stereocenters. The molecule has 0 spiro atoms. The summed E-state index contributed by atoms with van der Waals surface area (Å²) in [7, 11) is 0. The molecule has 2 aromatic carbocycles. The lowest BCUT2D eigenvalue weighted by atomic mass is 9.56. The van der Waals surface area contributed by atoms with Crippen LogP contribution in [0, 0.1) is 11.3 Å². The van der Waals surface area contributed by atoms with Crippen LogP contribution in [-0.4, -0.2) is 17.3 Å². The molecule has 1 saturated carbocycles. The molecule has 3 nitrogen and oxygen atoms in total. The van der Waals surface area contributed by atoms with E-state index in [-0.39, 0.29) is 17.3 Å². The van der Waals surface area contributed by atoms with Gasteiger partial charge in [0.25, 0.3) is 0 Å². The van der Waals surface area contributed by atoms with E-state index < -0.39 is 11.3 Å². The average Bonchev–Trinajstić information content (AvgIpc) is 2.67. The summed E-state index contributed by atoms with van der Waals surface area (Å²) in [4.78, 5) is 39.2. The van der Waals surface area contributed by atoms with Gasteiger partial charge in [0.1, 0.15) is 5.78 Å². The smallest absolute Gasteiger partial charge is 0.190 e. The minimum absolute atomic E-state index is 0.0858. The third-order valence-electron chi connectivity index (χ3n) is 5.70. The van der Waals surface area contributed by atoms with E-state index in [9.17, 15) is 14.4 Å². The Hall–Kier alpha value is -2.81. The van der Waals surface area contributed by atoms with Crippen molar-refractivity contribution in [3.8, 4) is 0 Å². The maximum absolute atomic E-state index is 13.3. The minimum Gasteiger partial charge on any atom is -0.299 e. The van der Waals surface area contributed by atoms with Gasteiger partial charge >= 0.3 is 0 Å². The highest BCUT2D eigenvalue weighted by atomic mass is 16.1. The van der Waals surface area contributed by atoms with Crippen molar-refractivity contribution in [3.05, 3.63) is 82.9 Å². The molecule has 0 aliphatic heterocycles. The van der Waals surface area contributed by atoms with Crippen LogP contribution in [-0.2, 0) is 4.79 Å². The highest BCUT2D eigenvalue weighted by Gasteiger charge is 2.51. The molecule has 5 rings (SSSR count). The van der Waals surface area contributed by atoms with Crippen LogP contribution in [0.2, 0.25) is 0 Å². The summed E-state index contributed by atoms with van der Waals surface area (Å²) < 4.78 is 0. The number of allylic oxidation sites excluding steroid dienone is 2. The number of hydrogen-bond donors (Lipinski definition) is 0. The van der Waals surface area contributed by atoms with Crippen molar-refractivity contribution in [3.63, 3.8) is 0 Å². The predicted octanol–water partition coefficient (Wildman–Crippen LogP) is 4.44. The molecular formula is C23H20O3. The molecule has 26 heavy (non-hydrogen) atoms. The van der Waals surface area contributed by atoms with Crippen molar-refractivity contribution in [2.45, 2.75) is 26.2 Å². The summed E-state index contributed by atoms with van der Waals surface area (Å²) in [6.45, 7) is 1.95. The van der Waals surface area contributed by atoms with Gasteiger partial charge in [-0.15, -0.1) is 0 Å². The molecule has 0 amide bonds. The van der Waals surface area contributed by atoms with Crippen LogP contribution in [0.15, 0.2) is 71.8 Å². The topological polar surface area (TPSA) is 51.2 Å². The first-order chi connectivity index (χ1) is 12.5. The molecule has 2 aromatic rings. The van der Waals surface area contributed by atoms with Crippen LogP contribution in [0.3, 0.4) is 0 Å². The molecule has 0 saturated heterocycles. The summed E-state index contributed by atoms with van der Waals surface area (Å²) in [6.07, 6.45) is 1.76. The zero-order valence-corrected chi connectivity index (χ0v) is 14.7. The number of carbonyl (C=O) groups is 3. The van der Waals surface area contributed by atoms with Crippen molar-refractivity contribution in [2.24, 2.45) is 11.3 Å². The Bertz CT molecular complexity index is 924. The van der Waals surface area contributed by atoms with Crippen molar-refractivity contribution < 1.29 is 14.4 Å². The lowest BCUT2D eigenvalue weighted by Crippen LogP contribution is -2.45. The largest absolute Gasteiger partial charge is 0.299 e. The van der Waals surface area contributed by atoms with Crippen LogP contribution in [0.4, 0.5) is 0 Å². The van der Waals surface area contributed by atoms with Gasteiger partial charge in [0.05, 0.1) is 0 Å². The minimum atomic E-state index is -0.557. The Morgan fingerprint density at radius 3 is 1.96 bits per heavy atom. The van der Waals surface area contributed by atoms with Crippen molar-refractivity contribution >= 4 is 17.3 Å². The molecule has 0 N–H and O–H groups in total. The third-order valence-corrected chi connectivity index (χ3v) is 5.70. The quantitative estimate of drug-likeness (QED) is 0.771. The number of hydrogen-bond acceptors (Lipinski definition) is 3. The van der Waals surface area contributed by atoms with Crippen molar-refractivity contribution in [1.29, 1.82) is 0 Å². The van der Waals surface area contributed by atoms with Crippen LogP contribution in [0.25, 0.3) is 0 Å². The first-order valence-electron chi connectivity index (χ1n) is 8.98. The molecule has 3 aliphatic carbocycles. The summed E-state index contributed by atoms with van der Waals surface area (Å²) in [5.41, 5.74) is 1.52. The normalized spacial score (nSPS) is 24.7. The van der Waals surface area contributed by atoms with E-state index in [0.29, 0.717) is 35.1 Å². The summed E-state index contributed by atoms with van der Waals surface area (Å²) >= 11 is 0. The van der Waals surface area contributed by atoms with Gasteiger partial charge in [-0.05, 0) is 12.8 Å². The van der Waals surface area contributed by atoms with Gasteiger partial charge in [-0.1, -0.05) is 67.6 Å². The fraction of sp³-hybridized carbons (Fsp3) is 0.261. The number of ketones is 3. The fourth-order valence-corrected chi connectivity index (χ4v) is 4.39. The summed E-state index contributed by atoms with van der Waals surface area (Å²) in [6, 6.07) is 18.0. The van der Waals surface area contributed by atoms with E-state index in [2.05, 4.69) is 0 Å². The number of fused-ring (bicyclic) bond motifs is 2. The SMILES string of the molecule is C[C@@]12CC[C@@H](C(=O)C1)C(C(=O)c1ccccc1)=C2C(=O)c1ccccc1. The zero-order valence-electron chi connectivity index (χ0n) is 14.7. The van der Waals surface area contributed by atoms with Gasteiger partial charge in [-0.25, -0.2) is 0 Å². The summed E-state index contributed by atoms with van der Waals surface area (Å²) in [5, 5.41) is 0. The monoisotopic (exact) mass is 344 g/mol. The van der Waals surface area contributed by atoms with E-state index in [4.69, 9.17) is 0 Å². The van der Waals surface area contributed by atoms with Gasteiger partial charge in [0.15, 0.2) is 11.6 Å². The van der Waals surface area contributed by atoms with Gasteiger partial charge in [0.2, 0.25) is 0 Å². The number of carbonyl (C=O) groups excluding carboxylic acids is 3. The Morgan fingerprint density at radius 2 is 1.42 bits per heavy atom. The van der Waals surface area contributed by atoms with Gasteiger partial charge in [-0.2, -0.15) is 0 Å².